The van der Waals surface area contributed by atoms with Crippen LogP contribution in [0.3, 0.4) is 0 Å². The van der Waals surface area contributed by atoms with E-state index >= 15 is 0 Å². The number of hydrogen-bond donors (Lipinski definition) is 7. The van der Waals surface area contributed by atoms with Crippen LogP contribution in [0.5, 0.6) is 0 Å². The monoisotopic (exact) mass is 816 g/mol. The Morgan fingerprint density at radius 1 is 0.579 bits per heavy atom. The van der Waals surface area contributed by atoms with Crippen molar-refractivity contribution in [2.24, 2.45) is 0 Å². The van der Waals surface area contributed by atoms with Crippen molar-refractivity contribution in [3.63, 3.8) is 0 Å². The molecule has 0 radical (unpaired) electrons. The van der Waals surface area contributed by atoms with E-state index in [2.05, 4.69) is 26.0 Å². The molecule has 0 aromatic carbocycles. The number of carbonyl (C=O) groups excluding carboxylic acids is 2. The van der Waals surface area contributed by atoms with Gasteiger partial charge in [-0.15, -0.1) is 0 Å². The van der Waals surface area contributed by atoms with Crippen molar-refractivity contribution >= 4 is 11.9 Å². The summed E-state index contributed by atoms with van der Waals surface area (Å²) in [4.78, 5) is 25.4. The third-order valence-corrected chi connectivity index (χ3v) is 9.94. The zero-order valence-corrected chi connectivity index (χ0v) is 34.1. The Labute approximate surface area is 338 Å². The molecule has 330 valence electrons. The van der Waals surface area contributed by atoms with Gasteiger partial charge in [-0.3, -0.25) is 9.59 Å². The highest BCUT2D eigenvalue weighted by molar-refractivity contribution is 5.70. The third kappa shape index (κ3) is 20.5. The van der Waals surface area contributed by atoms with Crippen LogP contribution in [0, 0.1) is 0 Å². The Bertz CT molecular complexity index is 1150. The molecular weight excluding hydrogens is 744 g/mol. The molecule has 0 spiro atoms. The van der Waals surface area contributed by atoms with Crippen LogP contribution in [0.4, 0.5) is 0 Å². The van der Waals surface area contributed by atoms with Crippen LogP contribution in [-0.4, -0.2) is 142 Å². The first kappa shape index (κ1) is 50.9. The zero-order chi connectivity index (χ0) is 41.8. The molecule has 11 atom stereocenters. The summed E-state index contributed by atoms with van der Waals surface area (Å²) in [6, 6.07) is 0. The molecule has 2 fully saturated rings. The topological polar surface area (TPSA) is 231 Å². The van der Waals surface area contributed by atoms with Gasteiger partial charge in [0.25, 0.3) is 0 Å². The van der Waals surface area contributed by atoms with Crippen molar-refractivity contribution in [3.8, 4) is 0 Å². The van der Waals surface area contributed by atoms with Gasteiger partial charge < -0.3 is 64.2 Å². The minimum absolute atomic E-state index is 0.142. The molecular formula is C42H72O15. The summed E-state index contributed by atoms with van der Waals surface area (Å²) in [5.41, 5.74) is 0. The summed E-state index contributed by atoms with van der Waals surface area (Å²) in [5, 5.41) is 71.6. The maximum Gasteiger partial charge on any atom is 0.306 e. The fourth-order valence-corrected chi connectivity index (χ4v) is 6.39. The van der Waals surface area contributed by atoms with E-state index in [0.717, 1.165) is 57.8 Å². The molecule has 15 nitrogen and oxygen atoms in total. The first-order valence-corrected chi connectivity index (χ1v) is 21.1. The highest BCUT2D eigenvalue weighted by Gasteiger charge is 2.47. The Morgan fingerprint density at radius 3 is 1.72 bits per heavy atom. The van der Waals surface area contributed by atoms with Crippen molar-refractivity contribution in [2.75, 3.05) is 26.4 Å². The molecule has 15 heteroatoms. The average Bonchev–Trinajstić information content (AvgIpc) is 3.20. The van der Waals surface area contributed by atoms with Gasteiger partial charge in [-0.2, -0.15) is 0 Å². The van der Waals surface area contributed by atoms with E-state index < -0.39 is 92.7 Å². The van der Waals surface area contributed by atoms with E-state index in [0.29, 0.717) is 12.8 Å². The number of carbonyl (C=O) groups is 2. The van der Waals surface area contributed by atoms with E-state index in [1.54, 1.807) is 0 Å². The first-order chi connectivity index (χ1) is 27.5. The van der Waals surface area contributed by atoms with E-state index in [9.17, 15) is 45.3 Å². The molecule has 2 rings (SSSR count). The SMILES string of the molecule is CC/C=C/C=C/C=C/CCCCCCCC(=O)OC(COC(=O)CCCCCCCCCC)CO[C@@H]1O[C@H](CO[C@@H]2O[C@H](CO)[C@H](O)C(O)C2O)[C@H](O)C(O)C1O. The van der Waals surface area contributed by atoms with Gasteiger partial charge in [0.05, 0.1) is 19.8 Å². The van der Waals surface area contributed by atoms with Crippen molar-refractivity contribution < 1.29 is 73.8 Å². The minimum Gasteiger partial charge on any atom is -0.462 e. The van der Waals surface area contributed by atoms with Crippen molar-refractivity contribution in [1.29, 1.82) is 0 Å². The van der Waals surface area contributed by atoms with Gasteiger partial charge in [-0.05, 0) is 32.1 Å². The Morgan fingerprint density at radius 2 is 1.11 bits per heavy atom. The standard InChI is InChI=1S/C42H72O15/c1-3-5-7-9-11-13-14-15-16-17-19-21-23-25-34(45)55-30(27-52-33(44)24-22-20-18-12-10-8-6-4-2)28-53-41-40(51)38(49)36(47)32(57-41)29-54-42-39(50)37(48)35(46)31(26-43)56-42/h5,7,9,11,13-14,30-32,35-43,46-51H,3-4,6,8,10,12,15-29H2,1-2H3/b7-5+,11-9+,14-13+/t30?,31-,32-,35+,36+,37?,38?,39?,40?,41-,42-/m1/s1. The summed E-state index contributed by atoms with van der Waals surface area (Å²) >= 11 is 0. The third-order valence-electron chi connectivity index (χ3n) is 9.94. The minimum atomic E-state index is -1.77. The summed E-state index contributed by atoms with van der Waals surface area (Å²) in [5.74, 6) is -0.958. The number of allylic oxidation sites excluding steroid dienone is 6. The second-order valence-corrected chi connectivity index (χ2v) is 14.9. The molecule has 57 heavy (non-hydrogen) atoms. The van der Waals surface area contributed by atoms with Gasteiger partial charge in [0.15, 0.2) is 18.7 Å². The van der Waals surface area contributed by atoms with Crippen LogP contribution in [0.1, 0.15) is 123 Å². The van der Waals surface area contributed by atoms with Gasteiger partial charge in [0.1, 0.15) is 55.4 Å². The lowest BCUT2D eigenvalue weighted by Crippen LogP contribution is -2.61. The van der Waals surface area contributed by atoms with E-state index in [1.165, 1.54) is 25.7 Å². The van der Waals surface area contributed by atoms with Gasteiger partial charge >= 0.3 is 11.9 Å². The lowest BCUT2D eigenvalue weighted by Gasteiger charge is -2.42. The van der Waals surface area contributed by atoms with Crippen LogP contribution in [-0.2, 0) is 38.0 Å². The van der Waals surface area contributed by atoms with Crippen LogP contribution in [0.25, 0.3) is 0 Å². The maximum absolute atomic E-state index is 12.9. The van der Waals surface area contributed by atoms with Gasteiger partial charge in [0.2, 0.25) is 0 Å². The lowest BCUT2D eigenvalue weighted by molar-refractivity contribution is -0.332. The van der Waals surface area contributed by atoms with Gasteiger partial charge in [-0.25, -0.2) is 0 Å². The van der Waals surface area contributed by atoms with Gasteiger partial charge in [0, 0.05) is 12.8 Å². The Kier molecular flexibility index (Phi) is 27.4. The molecule has 0 aromatic rings. The molecule has 0 saturated carbocycles. The second kappa shape index (κ2) is 30.7. The fraction of sp³-hybridized carbons (Fsp3) is 0.810. The van der Waals surface area contributed by atoms with E-state index in [4.69, 9.17) is 28.4 Å². The highest BCUT2D eigenvalue weighted by Crippen LogP contribution is 2.26. The molecule has 0 aliphatic carbocycles. The molecule has 0 bridgehead atoms. The predicted molar refractivity (Wildman–Crippen MR) is 210 cm³/mol. The quantitative estimate of drug-likeness (QED) is 0.0313. The lowest BCUT2D eigenvalue weighted by atomic mass is 9.98. The van der Waals surface area contributed by atoms with Crippen LogP contribution >= 0.6 is 0 Å². The number of aliphatic hydroxyl groups excluding tert-OH is 7. The fourth-order valence-electron chi connectivity index (χ4n) is 6.39. The molecule has 0 aromatic heterocycles. The molecule has 2 saturated heterocycles. The molecule has 0 amide bonds. The van der Waals surface area contributed by atoms with Gasteiger partial charge in [-0.1, -0.05) is 115 Å². The van der Waals surface area contributed by atoms with Crippen LogP contribution in [0.2, 0.25) is 0 Å². The number of unbranched alkanes of at least 4 members (excludes halogenated alkanes) is 12. The summed E-state index contributed by atoms with van der Waals surface area (Å²) in [6.45, 7) is 2.35. The summed E-state index contributed by atoms with van der Waals surface area (Å²) in [7, 11) is 0. The number of ether oxygens (including phenoxy) is 6. The van der Waals surface area contributed by atoms with Crippen LogP contribution in [0.15, 0.2) is 36.5 Å². The average molecular weight is 817 g/mol. The van der Waals surface area contributed by atoms with Crippen molar-refractivity contribution in [1.82, 2.24) is 0 Å². The number of aliphatic hydroxyl groups is 7. The molecule has 2 heterocycles. The molecule has 2 aliphatic heterocycles. The Hall–Kier alpha value is -2.28. The molecule has 7 N–H and O–H groups in total. The largest absolute Gasteiger partial charge is 0.462 e. The smallest absolute Gasteiger partial charge is 0.306 e. The first-order valence-electron chi connectivity index (χ1n) is 21.1. The van der Waals surface area contributed by atoms with Crippen LogP contribution < -0.4 is 0 Å². The molecule has 2 aliphatic rings. The highest BCUT2D eigenvalue weighted by atomic mass is 16.7. The summed E-state index contributed by atoms with van der Waals surface area (Å²) in [6.07, 6.45) is 10.7. The van der Waals surface area contributed by atoms with E-state index in [-0.39, 0.29) is 26.1 Å². The Balaban J connectivity index is 1.89. The number of esters is 2. The maximum atomic E-state index is 12.9. The van der Waals surface area contributed by atoms with E-state index in [1.807, 2.05) is 24.3 Å². The summed E-state index contributed by atoms with van der Waals surface area (Å²) < 4.78 is 33.3. The predicted octanol–water partition coefficient (Wildman–Crippen LogP) is 3.42. The number of hydrogen-bond acceptors (Lipinski definition) is 15. The zero-order valence-electron chi connectivity index (χ0n) is 34.1. The molecule has 5 unspecified atom stereocenters. The number of rotatable bonds is 30. The normalized spacial score (nSPS) is 28.7. The van der Waals surface area contributed by atoms with Crippen molar-refractivity contribution in [2.45, 2.75) is 191 Å². The van der Waals surface area contributed by atoms with Crippen molar-refractivity contribution in [3.05, 3.63) is 36.5 Å². The second-order valence-electron chi connectivity index (χ2n) is 14.9.